The van der Waals surface area contributed by atoms with E-state index in [1.165, 1.54) is 0 Å². The van der Waals surface area contributed by atoms with Gasteiger partial charge in [-0.3, -0.25) is 14.5 Å². The predicted octanol–water partition coefficient (Wildman–Crippen LogP) is 0.881. The van der Waals surface area contributed by atoms with Gasteiger partial charge in [0.05, 0.1) is 13.2 Å². The van der Waals surface area contributed by atoms with Gasteiger partial charge in [0.25, 0.3) is 0 Å². The van der Waals surface area contributed by atoms with E-state index in [9.17, 15) is 9.59 Å². The number of nitrogens with zero attached hydrogens (tertiary/aromatic N) is 2. The summed E-state index contributed by atoms with van der Waals surface area (Å²) in [6.07, 6.45) is 1.74. The van der Waals surface area contributed by atoms with Crippen LogP contribution >= 0.6 is 0 Å². The molecule has 0 saturated carbocycles. The Morgan fingerprint density at radius 1 is 1.44 bits per heavy atom. The monoisotopic (exact) mass is 256 g/mol. The number of esters is 1. The Bertz CT molecular complexity index is 305. The lowest BCUT2D eigenvalue weighted by Gasteiger charge is -2.27. The minimum atomic E-state index is -0.241. The number of carbonyl (C=O) groups is 2. The SMILES string of the molecule is CCOC(=O)C1CCCN1CC(=O)N(C)C(C)C. The third-order valence-corrected chi connectivity index (χ3v) is 3.43. The Hall–Kier alpha value is -1.10. The fraction of sp³-hybridized carbons (Fsp3) is 0.846. The van der Waals surface area contributed by atoms with Crippen molar-refractivity contribution in [2.75, 3.05) is 26.7 Å². The molecule has 0 aliphatic carbocycles. The summed E-state index contributed by atoms with van der Waals surface area (Å²) in [7, 11) is 1.79. The van der Waals surface area contributed by atoms with E-state index in [1.807, 2.05) is 18.7 Å². The fourth-order valence-electron chi connectivity index (χ4n) is 2.09. The number of hydrogen-bond donors (Lipinski definition) is 0. The molecule has 104 valence electrons. The molecule has 1 atom stereocenters. The van der Waals surface area contributed by atoms with E-state index >= 15 is 0 Å². The van der Waals surface area contributed by atoms with Crippen molar-refractivity contribution in [3.8, 4) is 0 Å². The van der Waals surface area contributed by atoms with E-state index in [-0.39, 0.29) is 24.0 Å². The molecule has 1 fully saturated rings. The average molecular weight is 256 g/mol. The van der Waals surface area contributed by atoms with Crippen molar-refractivity contribution in [1.82, 2.24) is 9.80 Å². The van der Waals surface area contributed by atoms with Gasteiger partial charge in [-0.25, -0.2) is 0 Å². The van der Waals surface area contributed by atoms with Gasteiger partial charge < -0.3 is 9.64 Å². The summed E-state index contributed by atoms with van der Waals surface area (Å²) in [5.41, 5.74) is 0. The molecule has 1 amide bonds. The first kappa shape index (κ1) is 15.0. The lowest BCUT2D eigenvalue weighted by molar-refractivity contribution is -0.149. The van der Waals surface area contributed by atoms with Crippen LogP contribution in [0.15, 0.2) is 0 Å². The standard InChI is InChI=1S/C13H24N2O3/c1-5-18-13(17)11-7-6-8-15(11)9-12(16)14(4)10(2)3/h10-11H,5-9H2,1-4H3. The van der Waals surface area contributed by atoms with E-state index in [4.69, 9.17) is 4.74 Å². The normalized spacial score (nSPS) is 20.2. The number of ether oxygens (including phenoxy) is 1. The van der Waals surface area contributed by atoms with Crippen LogP contribution in [0.5, 0.6) is 0 Å². The molecule has 1 aliphatic heterocycles. The zero-order valence-corrected chi connectivity index (χ0v) is 11.8. The van der Waals surface area contributed by atoms with Crippen LogP contribution in [0.2, 0.25) is 0 Å². The number of likely N-dealkylation sites (tertiary alicyclic amines) is 1. The molecule has 1 aliphatic rings. The Labute approximate surface area is 109 Å². The van der Waals surface area contributed by atoms with Crippen molar-refractivity contribution in [2.45, 2.75) is 45.7 Å². The van der Waals surface area contributed by atoms with Crippen molar-refractivity contribution in [2.24, 2.45) is 0 Å². The second-order valence-corrected chi connectivity index (χ2v) is 4.98. The molecule has 18 heavy (non-hydrogen) atoms. The largest absolute Gasteiger partial charge is 0.465 e. The molecular weight excluding hydrogens is 232 g/mol. The molecule has 5 heteroatoms. The first-order valence-electron chi connectivity index (χ1n) is 6.63. The van der Waals surface area contributed by atoms with E-state index in [0.29, 0.717) is 13.2 Å². The Morgan fingerprint density at radius 2 is 2.11 bits per heavy atom. The molecule has 0 spiro atoms. The van der Waals surface area contributed by atoms with Crippen LogP contribution in [0.3, 0.4) is 0 Å². The van der Waals surface area contributed by atoms with E-state index in [1.54, 1.807) is 18.9 Å². The molecular formula is C13H24N2O3. The van der Waals surface area contributed by atoms with Crippen LogP contribution in [0.1, 0.15) is 33.6 Å². The highest BCUT2D eigenvalue weighted by atomic mass is 16.5. The van der Waals surface area contributed by atoms with Gasteiger partial charge in [0.1, 0.15) is 6.04 Å². The van der Waals surface area contributed by atoms with Gasteiger partial charge in [-0.15, -0.1) is 0 Å². The zero-order valence-electron chi connectivity index (χ0n) is 11.8. The van der Waals surface area contributed by atoms with Gasteiger partial charge in [-0.1, -0.05) is 0 Å². The quantitative estimate of drug-likeness (QED) is 0.685. The number of rotatable bonds is 5. The number of likely N-dealkylation sites (N-methyl/N-ethyl adjacent to an activating group) is 1. The highest BCUT2D eigenvalue weighted by Crippen LogP contribution is 2.18. The molecule has 0 radical (unpaired) electrons. The summed E-state index contributed by atoms with van der Waals surface area (Å²) in [5.74, 6) is -0.142. The lowest BCUT2D eigenvalue weighted by atomic mass is 10.2. The first-order chi connectivity index (χ1) is 8.47. The minimum absolute atomic E-state index is 0.0567. The average Bonchev–Trinajstić information content (AvgIpc) is 2.76. The third kappa shape index (κ3) is 3.70. The topological polar surface area (TPSA) is 49.9 Å². The molecule has 1 heterocycles. The Kier molecular flexibility index (Phi) is 5.59. The van der Waals surface area contributed by atoms with Crippen LogP contribution in [0, 0.1) is 0 Å². The van der Waals surface area contributed by atoms with E-state index in [0.717, 1.165) is 19.4 Å². The van der Waals surface area contributed by atoms with Crippen LogP contribution in [-0.2, 0) is 14.3 Å². The first-order valence-corrected chi connectivity index (χ1v) is 6.63. The van der Waals surface area contributed by atoms with Crippen molar-refractivity contribution < 1.29 is 14.3 Å². The van der Waals surface area contributed by atoms with Crippen LogP contribution in [0.25, 0.3) is 0 Å². The van der Waals surface area contributed by atoms with Crippen molar-refractivity contribution in [1.29, 1.82) is 0 Å². The van der Waals surface area contributed by atoms with Crippen molar-refractivity contribution in [3.05, 3.63) is 0 Å². The van der Waals surface area contributed by atoms with Gasteiger partial charge >= 0.3 is 5.97 Å². The van der Waals surface area contributed by atoms with Gasteiger partial charge in [-0.05, 0) is 40.2 Å². The van der Waals surface area contributed by atoms with Gasteiger partial charge in [0.2, 0.25) is 5.91 Å². The molecule has 0 aromatic carbocycles. The van der Waals surface area contributed by atoms with Gasteiger partial charge in [0.15, 0.2) is 0 Å². The predicted molar refractivity (Wildman–Crippen MR) is 69.1 cm³/mol. The Morgan fingerprint density at radius 3 is 2.67 bits per heavy atom. The zero-order chi connectivity index (χ0) is 13.7. The summed E-state index contributed by atoms with van der Waals surface area (Å²) in [4.78, 5) is 27.4. The second-order valence-electron chi connectivity index (χ2n) is 4.98. The number of amides is 1. The molecule has 1 rings (SSSR count). The maximum absolute atomic E-state index is 12.0. The number of hydrogen-bond acceptors (Lipinski definition) is 4. The summed E-state index contributed by atoms with van der Waals surface area (Å²) in [5, 5.41) is 0. The summed E-state index contributed by atoms with van der Waals surface area (Å²) in [6.45, 7) is 7.24. The van der Waals surface area contributed by atoms with Crippen molar-refractivity contribution in [3.63, 3.8) is 0 Å². The van der Waals surface area contributed by atoms with E-state index < -0.39 is 0 Å². The second kappa shape index (κ2) is 6.73. The fourth-order valence-corrected chi connectivity index (χ4v) is 2.09. The third-order valence-electron chi connectivity index (χ3n) is 3.43. The molecule has 1 saturated heterocycles. The van der Waals surface area contributed by atoms with Gasteiger partial charge in [0, 0.05) is 13.1 Å². The maximum atomic E-state index is 12.0. The molecule has 0 aromatic rings. The van der Waals surface area contributed by atoms with Crippen LogP contribution in [-0.4, -0.2) is 60.5 Å². The molecule has 1 unspecified atom stereocenters. The van der Waals surface area contributed by atoms with E-state index in [2.05, 4.69) is 0 Å². The molecule has 5 nitrogen and oxygen atoms in total. The molecule has 0 bridgehead atoms. The smallest absolute Gasteiger partial charge is 0.323 e. The van der Waals surface area contributed by atoms with Gasteiger partial charge in [-0.2, -0.15) is 0 Å². The van der Waals surface area contributed by atoms with Crippen molar-refractivity contribution >= 4 is 11.9 Å². The highest BCUT2D eigenvalue weighted by molar-refractivity contribution is 5.81. The molecule has 0 N–H and O–H groups in total. The Balaban J connectivity index is 2.55. The van der Waals surface area contributed by atoms with Crippen LogP contribution < -0.4 is 0 Å². The summed E-state index contributed by atoms with van der Waals surface area (Å²) in [6, 6.07) is -0.0596. The maximum Gasteiger partial charge on any atom is 0.323 e. The highest BCUT2D eigenvalue weighted by Gasteiger charge is 2.33. The molecule has 0 aromatic heterocycles. The van der Waals surface area contributed by atoms with Crippen LogP contribution in [0.4, 0.5) is 0 Å². The number of carbonyl (C=O) groups excluding carboxylic acids is 2. The minimum Gasteiger partial charge on any atom is -0.465 e. The summed E-state index contributed by atoms with van der Waals surface area (Å²) >= 11 is 0. The lowest BCUT2D eigenvalue weighted by Crippen LogP contribution is -2.45. The summed E-state index contributed by atoms with van der Waals surface area (Å²) < 4.78 is 5.04.